The minimum atomic E-state index is -1.13. The van der Waals surface area contributed by atoms with Gasteiger partial charge in [0.15, 0.2) is 11.4 Å². The summed E-state index contributed by atoms with van der Waals surface area (Å²) in [5.74, 6) is -0.922. The minimum Gasteiger partial charge on any atom is -0.489 e. The molecule has 0 atom stereocenters. The van der Waals surface area contributed by atoms with E-state index < -0.39 is 5.97 Å². The van der Waals surface area contributed by atoms with Gasteiger partial charge in [0.25, 0.3) is 0 Å². The van der Waals surface area contributed by atoms with Crippen LogP contribution in [0.2, 0.25) is 0 Å². The highest BCUT2D eigenvalue weighted by atomic mass is 16.5. The third kappa shape index (κ3) is 3.84. The van der Waals surface area contributed by atoms with Crippen molar-refractivity contribution < 1.29 is 24.5 Å². The lowest BCUT2D eigenvalue weighted by Gasteiger charge is -2.07. The molecule has 0 bridgehead atoms. The van der Waals surface area contributed by atoms with Crippen molar-refractivity contribution in [1.29, 1.82) is 0 Å². The number of carbonyl (C=O) groups is 1. The van der Waals surface area contributed by atoms with Crippen LogP contribution in [0.25, 0.3) is 0 Å². The summed E-state index contributed by atoms with van der Waals surface area (Å²) < 4.78 is 10.2. The SMILES string of the molecule is O=C(O)c1ncccc1OCCOCCO. The highest BCUT2D eigenvalue weighted by molar-refractivity contribution is 5.88. The van der Waals surface area contributed by atoms with Gasteiger partial charge in [-0.3, -0.25) is 0 Å². The number of carboxylic acids is 1. The number of carboxylic acid groups (broad SMARTS) is 1. The van der Waals surface area contributed by atoms with Crippen molar-refractivity contribution in [3.05, 3.63) is 24.0 Å². The number of aromatic carboxylic acids is 1. The van der Waals surface area contributed by atoms with E-state index in [9.17, 15) is 4.79 Å². The number of nitrogens with zero attached hydrogens (tertiary/aromatic N) is 1. The second kappa shape index (κ2) is 6.76. The zero-order valence-corrected chi connectivity index (χ0v) is 8.63. The van der Waals surface area contributed by atoms with Crippen LogP contribution in [0, 0.1) is 0 Å². The normalized spacial score (nSPS) is 10.1. The summed E-state index contributed by atoms with van der Waals surface area (Å²) in [5.41, 5.74) is -0.121. The molecule has 0 aliphatic rings. The predicted octanol–water partition coefficient (Wildman–Crippen LogP) is 0.168. The number of hydrogen-bond acceptors (Lipinski definition) is 5. The van der Waals surface area contributed by atoms with E-state index in [1.54, 1.807) is 6.07 Å². The molecule has 1 aromatic heterocycles. The number of rotatable bonds is 7. The topological polar surface area (TPSA) is 88.9 Å². The first kappa shape index (κ1) is 12.4. The zero-order chi connectivity index (χ0) is 11.8. The molecule has 0 aromatic carbocycles. The van der Waals surface area contributed by atoms with Crippen molar-refractivity contribution in [3.8, 4) is 5.75 Å². The van der Waals surface area contributed by atoms with Gasteiger partial charge in [-0.2, -0.15) is 0 Å². The van der Waals surface area contributed by atoms with Gasteiger partial charge >= 0.3 is 5.97 Å². The van der Waals surface area contributed by atoms with Gasteiger partial charge in [0, 0.05) is 6.20 Å². The van der Waals surface area contributed by atoms with E-state index in [1.165, 1.54) is 12.3 Å². The summed E-state index contributed by atoms with van der Waals surface area (Å²) in [6, 6.07) is 3.12. The van der Waals surface area contributed by atoms with Crippen LogP contribution in [0.5, 0.6) is 5.75 Å². The summed E-state index contributed by atoms with van der Waals surface area (Å²) in [7, 11) is 0. The van der Waals surface area contributed by atoms with E-state index in [4.69, 9.17) is 19.7 Å². The Balaban J connectivity index is 2.44. The molecular formula is C10H13NO5. The Morgan fingerprint density at radius 2 is 2.19 bits per heavy atom. The maximum atomic E-state index is 10.8. The molecule has 0 amide bonds. The van der Waals surface area contributed by atoms with Crippen LogP contribution in [0.3, 0.4) is 0 Å². The number of aliphatic hydroxyl groups excluding tert-OH is 1. The first-order valence-electron chi connectivity index (χ1n) is 4.75. The van der Waals surface area contributed by atoms with Crippen molar-refractivity contribution in [3.63, 3.8) is 0 Å². The van der Waals surface area contributed by atoms with E-state index in [0.717, 1.165) is 0 Å². The zero-order valence-electron chi connectivity index (χ0n) is 8.63. The van der Waals surface area contributed by atoms with E-state index in [1.807, 2.05) is 0 Å². The lowest BCUT2D eigenvalue weighted by Crippen LogP contribution is -2.11. The van der Waals surface area contributed by atoms with E-state index >= 15 is 0 Å². The van der Waals surface area contributed by atoms with Gasteiger partial charge in [-0.05, 0) is 12.1 Å². The van der Waals surface area contributed by atoms with E-state index in [0.29, 0.717) is 0 Å². The third-order valence-electron chi connectivity index (χ3n) is 1.69. The molecule has 16 heavy (non-hydrogen) atoms. The van der Waals surface area contributed by atoms with Gasteiger partial charge in [0.1, 0.15) is 6.61 Å². The minimum absolute atomic E-state index is 0.0483. The van der Waals surface area contributed by atoms with Crippen LogP contribution < -0.4 is 4.74 Å². The third-order valence-corrected chi connectivity index (χ3v) is 1.69. The molecule has 1 aromatic rings. The number of ether oxygens (including phenoxy) is 2. The molecule has 0 saturated heterocycles. The molecule has 2 N–H and O–H groups in total. The Labute approximate surface area is 92.5 Å². The van der Waals surface area contributed by atoms with Crippen molar-refractivity contribution in [2.45, 2.75) is 0 Å². The van der Waals surface area contributed by atoms with Crippen LogP contribution in [0.4, 0.5) is 0 Å². The first-order chi connectivity index (χ1) is 7.75. The number of aromatic nitrogens is 1. The van der Waals surface area contributed by atoms with Crippen LogP contribution in [0.15, 0.2) is 18.3 Å². The Bertz CT molecular complexity index is 342. The van der Waals surface area contributed by atoms with Crippen molar-refractivity contribution >= 4 is 5.97 Å². The summed E-state index contributed by atoms with van der Waals surface area (Å²) in [6.07, 6.45) is 1.39. The summed E-state index contributed by atoms with van der Waals surface area (Å²) >= 11 is 0. The first-order valence-corrected chi connectivity index (χ1v) is 4.75. The second-order valence-electron chi connectivity index (χ2n) is 2.84. The summed E-state index contributed by atoms with van der Waals surface area (Å²) in [5, 5.41) is 17.2. The predicted molar refractivity (Wildman–Crippen MR) is 54.6 cm³/mol. The van der Waals surface area contributed by atoms with Gasteiger partial charge in [-0.25, -0.2) is 9.78 Å². The maximum absolute atomic E-state index is 10.8. The average molecular weight is 227 g/mol. The molecule has 6 heteroatoms. The van der Waals surface area contributed by atoms with Crippen LogP contribution in [-0.2, 0) is 4.74 Å². The van der Waals surface area contributed by atoms with Crippen molar-refractivity contribution in [1.82, 2.24) is 4.98 Å². The fraction of sp³-hybridized carbons (Fsp3) is 0.400. The van der Waals surface area contributed by atoms with Crippen LogP contribution in [0.1, 0.15) is 10.5 Å². The smallest absolute Gasteiger partial charge is 0.358 e. The van der Waals surface area contributed by atoms with Crippen LogP contribution >= 0.6 is 0 Å². The van der Waals surface area contributed by atoms with Crippen LogP contribution in [-0.4, -0.2) is 47.6 Å². The lowest BCUT2D eigenvalue weighted by atomic mass is 10.3. The average Bonchev–Trinajstić information content (AvgIpc) is 2.29. The van der Waals surface area contributed by atoms with Crippen molar-refractivity contribution in [2.75, 3.05) is 26.4 Å². The molecule has 0 unspecified atom stereocenters. The molecule has 0 aliphatic carbocycles. The van der Waals surface area contributed by atoms with Crippen molar-refractivity contribution in [2.24, 2.45) is 0 Å². The highest BCUT2D eigenvalue weighted by Gasteiger charge is 2.11. The fourth-order valence-corrected chi connectivity index (χ4v) is 1.04. The Morgan fingerprint density at radius 3 is 2.88 bits per heavy atom. The van der Waals surface area contributed by atoms with Gasteiger partial charge in [0.2, 0.25) is 0 Å². The molecule has 1 heterocycles. The molecular weight excluding hydrogens is 214 g/mol. The second-order valence-corrected chi connectivity index (χ2v) is 2.84. The standard InChI is InChI=1S/C10H13NO5/c12-4-5-15-6-7-16-8-2-1-3-11-9(8)10(13)14/h1-3,12H,4-7H2,(H,13,14). The van der Waals surface area contributed by atoms with E-state index in [-0.39, 0.29) is 37.9 Å². The number of pyridine rings is 1. The van der Waals surface area contributed by atoms with Gasteiger partial charge in [-0.15, -0.1) is 0 Å². The van der Waals surface area contributed by atoms with Gasteiger partial charge in [0.05, 0.1) is 19.8 Å². The fourth-order valence-electron chi connectivity index (χ4n) is 1.04. The molecule has 88 valence electrons. The monoisotopic (exact) mass is 227 g/mol. The Morgan fingerprint density at radius 1 is 1.38 bits per heavy atom. The van der Waals surface area contributed by atoms with E-state index in [2.05, 4.69) is 4.98 Å². The Hall–Kier alpha value is -1.66. The molecule has 0 saturated carbocycles. The molecule has 0 aliphatic heterocycles. The van der Waals surface area contributed by atoms with Gasteiger partial charge in [-0.1, -0.05) is 0 Å². The number of aliphatic hydroxyl groups is 1. The summed E-state index contributed by atoms with van der Waals surface area (Å²) in [6.45, 7) is 0.690. The largest absolute Gasteiger partial charge is 0.489 e. The quantitative estimate of drug-likeness (QED) is 0.645. The molecule has 0 radical (unpaired) electrons. The molecule has 6 nitrogen and oxygen atoms in total. The number of hydrogen-bond donors (Lipinski definition) is 2. The van der Waals surface area contributed by atoms with Gasteiger partial charge < -0.3 is 19.7 Å². The summed E-state index contributed by atoms with van der Waals surface area (Å²) in [4.78, 5) is 14.4. The highest BCUT2D eigenvalue weighted by Crippen LogP contribution is 2.14. The molecule has 0 spiro atoms. The molecule has 1 rings (SSSR count). The molecule has 0 fully saturated rings. The maximum Gasteiger partial charge on any atom is 0.358 e. The lowest BCUT2D eigenvalue weighted by molar-refractivity contribution is 0.0650. The Kier molecular flexibility index (Phi) is 5.24.